The van der Waals surface area contributed by atoms with Crippen LogP contribution in [0.2, 0.25) is 5.15 Å². The normalized spacial score (nSPS) is 18.7. The number of nitrogens with zero attached hydrogens (tertiary/aromatic N) is 13. The Balaban J connectivity index is 0.000000184. The Morgan fingerprint density at radius 2 is 1.03 bits per heavy atom. The third-order valence-electron chi connectivity index (χ3n) is 11.7. The Labute approximate surface area is 364 Å². The van der Waals surface area contributed by atoms with E-state index in [1.54, 1.807) is 17.3 Å². The lowest BCUT2D eigenvalue weighted by Gasteiger charge is -2.40. The van der Waals surface area contributed by atoms with Crippen molar-refractivity contribution in [3.63, 3.8) is 0 Å². The number of H-pyrrole nitrogens is 1. The van der Waals surface area contributed by atoms with Crippen LogP contribution in [0.3, 0.4) is 0 Å². The van der Waals surface area contributed by atoms with Gasteiger partial charge in [0.2, 0.25) is 0 Å². The monoisotopic (exact) mass is 862 g/mol. The fourth-order valence-electron chi connectivity index (χ4n) is 8.59. The molecular formula is C42H63ClN14O4. The van der Waals surface area contributed by atoms with E-state index in [2.05, 4.69) is 55.0 Å². The van der Waals surface area contributed by atoms with Crippen LogP contribution >= 0.6 is 11.6 Å². The summed E-state index contributed by atoms with van der Waals surface area (Å²) in [6.45, 7) is 18.7. The molecule has 0 aromatic carbocycles. The van der Waals surface area contributed by atoms with Crippen molar-refractivity contribution in [2.24, 2.45) is 23.7 Å². The average molecular weight is 864 g/mol. The number of rotatable bonds is 5. The molecule has 0 unspecified atom stereocenters. The van der Waals surface area contributed by atoms with Gasteiger partial charge in [-0.05, 0) is 117 Å². The number of likely N-dealkylation sites (tertiary alicyclic amines) is 2. The van der Waals surface area contributed by atoms with Crippen LogP contribution in [0.4, 0.5) is 21.2 Å². The third kappa shape index (κ3) is 13.9. The predicted octanol–water partition coefficient (Wildman–Crippen LogP) is 6.72. The lowest BCUT2D eigenvalue weighted by Crippen LogP contribution is -2.44. The maximum atomic E-state index is 12.3. The van der Waals surface area contributed by atoms with E-state index < -0.39 is 11.2 Å². The zero-order chi connectivity index (χ0) is 43.4. The summed E-state index contributed by atoms with van der Waals surface area (Å²) in [6, 6.07) is 3.80. The standard InChI is InChI=1S/C21H31N7O2.C19H29ClN4O2.C2H3N3/c1-21(2,3)30-20(29)27-10-6-17(7-11-27)16-4-8-26(9-5-16)18-12-19(24-14-23-18)28-15-22-13-25-28;1-19(2,3)26-18(25)24-10-6-15(7-11-24)14-4-8-23(9-5-14)17-12-16(20)21-13-22-17;1-3-2-5-4-1/h12-17H,4-11H2,1-3H3;12-15H,4-11H2,1-3H3;1-2H,(H,3,4,5). The van der Waals surface area contributed by atoms with Crippen molar-refractivity contribution in [1.82, 2.24) is 59.7 Å². The molecule has 4 aromatic rings. The fraction of sp³-hybridized carbons (Fsp3) is 0.667. The van der Waals surface area contributed by atoms with Gasteiger partial charge in [-0.15, -0.1) is 0 Å². The summed E-state index contributed by atoms with van der Waals surface area (Å²) in [7, 11) is 0. The number of halogens is 1. The molecule has 4 aromatic heterocycles. The first-order chi connectivity index (χ1) is 29.2. The van der Waals surface area contributed by atoms with Gasteiger partial charge in [0, 0.05) is 64.5 Å². The Morgan fingerprint density at radius 3 is 1.41 bits per heavy atom. The van der Waals surface area contributed by atoms with Gasteiger partial charge in [-0.3, -0.25) is 5.10 Å². The van der Waals surface area contributed by atoms with Gasteiger partial charge in [0.1, 0.15) is 66.0 Å². The fourth-order valence-corrected chi connectivity index (χ4v) is 8.73. The van der Waals surface area contributed by atoms with Crippen molar-refractivity contribution in [3.05, 3.63) is 55.2 Å². The van der Waals surface area contributed by atoms with Gasteiger partial charge in [-0.2, -0.15) is 10.2 Å². The number of amides is 2. The van der Waals surface area contributed by atoms with Crippen LogP contribution < -0.4 is 9.80 Å². The van der Waals surface area contributed by atoms with E-state index in [1.165, 1.54) is 38.2 Å². The second-order valence-electron chi connectivity index (χ2n) is 18.2. The summed E-state index contributed by atoms with van der Waals surface area (Å²) in [6.07, 6.45) is 17.8. The molecular weight excluding hydrogens is 800 g/mol. The maximum absolute atomic E-state index is 12.3. The number of piperidine rings is 4. The predicted molar refractivity (Wildman–Crippen MR) is 231 cm³/mol. The molecule has 0 aliphatic carbocycles. The maximum Gasteiger partial charge on any atom is 0.410 e. The molecule has 1 N–H and O–H groups in total. The SMILES string of the molecule is CC(C)(C)OC(=O)N1CCC(C2CCN(c3cc(-n4cncn4)ncn3)CC2)CC1.CC(C)(C)OC(=O)N1CCC(C2CCN(c3cc(Cl)ncn3)CC2)CC1.c1nc[nH]n1. The Kier molecular flexibility index (Phi) is 15.7. The summed E-state index contributed by atoms with van der Waals surface area (Å²) in [4.78, 5) is 57.4. The quantitative estimate of drug-likeness (QED) is 0.208. The number of aromatic nitrogens is 10. The van der Waals surface area contributed by atoms with Crippen LogP contribution in [0.15, 0.2) is 50.1 Å². The molecule has 4 fully saturated rings. The number of carbonyl (C=O) groups excluding carboxylic acids is 2. The van der Waals surface area contributed by atoms with E-state index in [9.17, 15) is 9.59 Å². The van der Waals surface area contributed by atoms with Gasteiger partial charge in [0.05, 0.1) is 0 Å². The molecule has 4 aliphatic heterocycles. The molecule has 0 radical (unpaired) electrons. The molecule has 0 spiro atoms. The first kappa shape index (κ1) is 45.4. The van der Waals surface area contributed by atoms with Crippen LogP contribution in [0.25, 0.3) is 5.82 Å². The zero-order valence-corrected chi connectivity index (χ0v) is 37.3. The van der Waals surface area contributed by atoms with Crippen LogP contribution in [0.1, 0.15) is 92.9 Å². The average Bonchev–Trinajstić information content (AvgIpc) is 4.02. The van der Waals surface area contributed by atoms with Gasteiger partial charge in [0.15, 0.2) is 5.82 Å². The highest BCUT2D eigenvalue weighted by Crippen LogP contribution is 2.35. The van der Waals surface area contributed by atoms with E-state index in [4.69, 9.17) is 21.1 Å². The third-order valence-corrected chi connectivity index (χ3v) is 11.9. The molecule has 0 atom stereocenters. The topological polar surface area (TPSA) is 189 Å². The minimum atomic E-state index is -0.435. The minimum absolute atomic E-state index is 0.175. The Hall–Kier alpha value is -5.13. The summed E-state index contributed by atoms with van der Waals surface area (Å²) >= 11 is 5.97. The zero-order valence-electron chi connectivity index (χ0n) is 36.6. The molecule has 332 valence electrons. The summed E-state index contributed by atoms with van der Waals surface area (Å²) < 4.78 is 12.7. The highest BCUT2D eigenvalue weighted by molar-refractivity contribution is 6.29. The minimum Gasteiger partial charge on any atom is -0.444 e. The van der Waals surface area contributed by atoms with Gasteiger partial charge >= 0.3 is 12.2 Å². The molecule has 4 aliphatic rings. The van der Waals surface area contributed by atoms with Gasteiger partial charge < -0.3 is 29.1 Å². The first-order valence-electron chi connectivity index (χ1n) is 21.6. The lowest BCUT2D eigenvalue weighted by atomic mass is 9.79. The summed E-state index contributed by atoms with van der Waals surface area (Å²) in [5, 5.41) is 10.6. The van der Waals surface area contributed by atoms with Crippen molar-refractivity contribution in [1.29, 1.82) is 0 Å². The van der Waals surface area contributed by atoms with Gasteiger partial charge in [0.25, 0.3) is 0 Å². The van der Waals surface area contributed by atoms with Gasteiger partial charge in [-0.25, -0.2) is 44.2 Å². The van der Waals surface area contributed by atoms with E-state index in [1.807, 2.05) is 63.5 Å². The molecule has 0 saturated carbocycles. The highest BCUT2D eigenvalue weighted by Gasteiger charge is 2.34. The van der Waals surface area contributed by atoms with Crippen molar-refractivity contribution in [2.75, 3.05) is 62.2 Å². The number of anilines is 2. The second kappa shape index (κ2) is 21.1. The molecule has 19 heteroatoms. The van der Waals surface area contributed by atoms with E-state index in [0.29, 0.717) is 22.9 Å². The van der Waals surface area contributed by atoms with Crippen LogP contribution in [-0.4, -0.2) is 135 Å². The smallest absolute Gasteiger partial charge is 0.410 e. The van der Waals surface area contributed by atoms with Crippen molar-refractivity contribution in [2.45, 2.75) is 104 Å². The van der Waals surface area contributed by atoms with Gasteiger partial charge in [-0.1, -0.05) is 11.6 Å². The second-order valence-corrected chi connectivity index (χ2v) is 18.6. The number of aromatic amines is 1. The number of hydrogen-bond donors (Lipinski definition) is 1. The molecule has 0 bridgehead atoms. The number of carbonyl (C=O) groups is 2. The summed E-state index contributed by atoms with van der Waals surface area (Å²) in [5.74, 6) is 5.40. The Morgan fingerprint density at radius 1 is 0.590 bits per heavy atom. The molecule has 4 saturated heterocycles. The number of hydrogen-bond acceptors (Lipinski definition) is 14. The first-order valence-corrected chi connectivity index (χ1v) is 22.0. The largest absolute Gasteiger partial charge is 0.444 e. The van der Waals surface area contributed by atoms with E-state index in [0.717, 1.165) is 114 Å². The molecule has 8 heterocycles. The molecule has 61 heavy (non-hydrogen) atoms. The van der Waals surface area contributed by atoms with Crippen LogP contribution in [0.5, 0.6) is 0 Å². The number of ether oxygens (including phenoxy) is 2. The van der Waals surface area contributed by atoms with Crippen LogP contribution in [0, 0.1) is 23.7 Å². The highest BCUT2D eigenvalue weighted by atomic mass is 35.5. The summed E-state index contributed by atoms with van der Waals surface area (Å²) in [5.41, 5.74) is -0.861. The lowest BCUT2D eigenvalue weighted by molar-refractivity contribution is 0.0142. The molecule has 18 nitrogen and oxygen atoms in total. The number of nitrogens with one attached hydrogen (secondary N) is 1. The van der Waals surface area contributed by atoms with Crippen molar-refractivity contribution < 1.29 is 19.1 Å². The molecule has 2 amide bonds. The Bertz CT molecular complexity index is 1890. The van der Waals surface area contributed by atoms with Crippen molar-refractivity contribution in [3.8, 4) is 5.82 Å². The molecule has 8 rings (SSSR count). The van der Waals surface area contributed by atoms with E-state index in [-0.39, 0.29) is 12.2 Å². The van der Waals surface area contributed by atoms with Crippen LogP contribution in [-0.2, 0) is 9.47 Å². The van der Waals surface area contributed by atoms with E-state index >= 15 is 0 Å². The van der Waals surface area contributed by atoms with Crippen molar-refractivity contribution >= 4 is 35.4 Å².